The number of amides is 2. The van der Waals surface area contributed by atoms with Gasteiger partial charge in [0.2, 0.25) is 0 Å². The largest absolute Gasteiger partial charge is 0.341 e. The van der Waals surface area contributed by atoms with Gasteiger partial charge in [0, 0.05) is 16.1 Å². The molecule has 0 spiro atoms. The number of rotatable bonds is 1. The molecule has 0 bridgehead atoms. The number of pyridine rings is 1. The maximum absolute atomic E-state index is 10.7. The van der Waals surface area contributed by atoms with E-state index in [0.29, 0.717) is 5.69 Å². The second-order valence-corrected chi connectivity index (χ2v) is 3.96. The molecule has 0 radical (unpaired) electrons. The maximum Gasteiger partial charge on any atom is 0.319 e. The fraction of sp³-hybridized carbons (Fsp3) is 0.500. The molecule has 17 heavy (non-hydrogen) atoms. The van der Waals surface area contributed by atoms with Gasteiger partial charge in [-0.3, -0.25) is 4.98 Å². The molecule has 1 aromatic rings. The van der Waals surface area contributed by atoms with Gasteiger partial charge in [-0.25, -0.2) is 4.79 Å². The van der Waals surface area contributed by atoms with Crippen molar-refractivity contribution >= 4 is 11.7 Å². The number of likely N-dealkylation sites (tertiary alicyclic amines) is 1. The zero-order chi connectivity index (χ0) is 12.5. The van der Waals surface area contributed by atoms with Gasteiger partial charge >= 0.3 is 6.03 Å². The first-order valence-corrected chi connectivity index (χ1v) is 5.79. The molecule has 2 amide bonds. The molecule has 2 N–H and O–H groups in total. The van der Waals surface area contributed by atoms with Crippen LogP contribution >= 0.6 is 0 Å². The lowest BCUT2D eigenvalue weighted by molar-refractivity contribution is 0.254. The molecule has 2 rings (SSSR count). The minimum Gasteiger partial charge on any atom is -0.341 e. The Balaban J connectivity index is 0. The Morgan fingerprint density at radius 3 is 2.59 bits per heavy atom. The van der Waals surface area contributed by atoms with E-state index in [4.69, 9.17) is 0 Å². The molecule has 98 valence electrons. The van der Waals surface area contributed by atoms with E-state index in [2.05, 4.69) is 27.6 Å². The van der Waals surface area contributed by atoms with E-state index in [1.807, 2.05) is 0 Å². The lowest BCUT2D eigenvalue weighted by atomic mass is 10.4. The molecule has 0 unspecified atom stereocenters. The van der Waals surface area contributed by atoms with E-state index in [-0.39, 0.29) is 8.88 Å². The second-order valence-electron chi connectivity index (χ2n) is 3.96. The number of nitrogens with one attached hydrogen (secondary N) is 2. The molecular weight excluding hydrogens is 216 g/mol. The summed E-state index contributed by atoms with van der Waals surface area (Å²) in [6, 6.07) is 3.28. The highest BCUT2D eigenvalue weighted by molar-refractivity contribution is 5.88. The fourth-order valence-corrected chi connectivity index (χ4v) is 1.51. The van der Waals surface area contributed by atoms with Crippen LogP contribution < -0.4 is 10.6 Å². The summed E-state index contributed by atoms with van der Waals surface area (Å²) in [6.07, 6.45) is 6.05. The van der Waals surface area contributed by atoms with Crippen LogP contribution in [0.25, 0.3) is 0 Å². The van der Waals surface area contributed by atoms with Crippen LogP contribution in [0.15, 0.2) is 24.5 Å². The van der Waals surface area contributed by atoms with Crippen LogP contribution in [0.5, 0.6) is 0 Å². The van der Waals surface area contributed by atoms with E-state index >= 15 is 0 Å². The number of nitrogens with zero attached hydrogens (tertiary/aromatic N) is 2. The van der Waals surface area contributed by atoms with E-state index < -0.39 is 0 Å². The molecule has 0 aliphatic carbocycles. The van der Waals surface area contributed by atoms with Crippen molar-refractivity contribution < 1.29 is 7.65 Å². The van der Waals surface area contributed by atoms with E-state index in [1.165, 1.54) is 25.9 Å². The standard InChI is InChI=1S/C7H9N3O.C5H11N.2H2/c1-8-7(11)10-6-3-2-4-9-5-6;1-6-4-2-3-5-6;;/h2-5H,1H3,(H2,8,10,11);2-5H2,1H3;2*1H. The predicted molar refractivity (Wildman–Crippen MR) is 73.3 cm³/mol. The van der Waals surface area contributed by atoms with Gasteiger partial charge in [-0.2, -0.15) is 0 Å². The molecule has 0 aromatic carbocycles. The lowest BCUT2D eigenvalue weighted by Gasteiger charge is -2.01. The first-order valence-electron chi connectivity index (χ1n) is 5.79. The summed E-state index contributed by atoms with van der Waals surface area (Å²) in [4.78, 5) is 16.9. The van der Waals surface area contributed by atoms with E-state index in [9.17, 15) is 4.79 Å². The van der Waals surface area contributed by atoms with Crippen molar-refractivity contribution in [2.75, 3.05) is 32.5 Å². The Labute approximate surface area is 105 Å². The zero-order valence-electron chi connectivity index (χ0n) is 10.4. The summed E-state index contributed by atoms with van der Waals surface area (Å²) in [5.41, 5.74) is 0.687. The molecule has 1 aliphatic rings. The Morgan fingerprint density at radius 1 is 1.47 bits per heavy atom. The van der Waals surface area contributed by atoms with Gasteiger partial charge in [0.05, 0.1) is 11.9 Å². The predicted octanol–water partition coefficient (Wildman–Crippen LogP) is 2.04. The number of hydrogen-bond acceptors (Lipinski definition) is 3. The maximum atomic E-state index is 10.7. The SMILES string of the molecule is CN1CCCC1.CNC(=O)Nc1cccnc1.[HH].[HH]. The highest BCUT2D eigenvalue weighted by atomic mass is 16.2. The van der Waals surface area contributed by atoms with Gasteiger partial charge in [0.15, 0.2) is 0 Å². The average Bonchev–Trinajstić information content (AvgIpc) is 2.82. The summed E-state index contributed by atoms with van der Waals surface area (Å²) in [5, 5.41) is 5.01. The van der Waals surface area contributed by atoms with E-state index in [0.717, 1.165) is 0 Å². The van der Waals surface area contributed by atoms with Crippen molar-refractivity contribution in [3.8, 4) is 0 Å². The normalized spacial score (nSPS) is 14.7. The third kappa shape index (κ3) is 5.87. The van der Waals surface area contributed by atoms with Crippen LogP contribution in [0.4, 0.5) is 10.5 Å². The highest BCUT2D eigenvalue weighted by Gasteiger charge is 2.03. The highest BCUT2D eigenvalue weighted by Crippen LogP contribution is 2.02. The molecule has 5 nitrogen and oxygen atoms in total. The quantitative estimate of drug-likeness (QED) is 0.789. The third-order valence-electron chi connectivity index (χ3n) is 2.48. The first kappa shape index (κ1) is 13.4. The Hall–Kier alpha value is -1.62. The van der Waals surface area contributed by atoms with Crippen LogP contribution in [-0.4, -0.2) is 43.1 Å². The van der Waals surface area contributed by atoms with Crippen molar-refractivity contribution in [3.63, 3.8) is 0 Å². The van der Waals surface area contributed by atoms with Crippen LogP contribution in [0.1, 0.15) is 15.7 Å². The van der Waals surface area contributed by atoms with Crippen LogP contribution in [0.2, 0.25) is 0 Å². The summed E-state index contributed by atoms with van der Waals surface area (Å²) < 4.78 is 0. The summed E-state index contributed by atoms with van der Waals surface area (Å²) in [7, 11) is 3.73. The summed E-state index contributed by atoms with van der Waals surface area (Å²) >= 11 is 0. The van der Waals surface area contributed by atoms with Gasteiger partial charge < -0.3 is 15.5 Å². The van der Waals surface area contributed by atoms with Crippen molar-refractivity contribution in [2.24, 2.45) is 0 Å². The monoisotopic (exact) mass is 240 g/mol. The Bertz CT molecular complexity index is 332. The molecule has 1 fully saturated rings. The molecule has 0 saturated carbocycles. The Kier molecular flexibility index (Phi) is 6.03. The smallest absolute Gasteiger partial charge is 0.319 e. The van der Waals surface area contributed by atoms with E-state index in [1.54, 1.807) is 31.6 Å². The fourth-order valence-electron chi connectivity index (χ4n) is 1.51. The van der Waals surface area contributed by atoms with Crippen molar-refractivity contribution in [1.82, 2.24) is 15.2 Å². The van der Waals surface area contributed by atoms with Gasteiger partial charge in [0.1, 0.15) is 0 Å². The molecule has 2 heterocycles. The van der Waals surface area contributed by atoms with Crippen molar-refractivity contribution in [2.45, 2.75) is 12.8 Å². The minimum atomic E-state index is -0.238. The van der Waals surface area contributed by atoms with Crippen LogP contribution in [0.3, 0.4) is 0 Å². The van der Waals surface area contributed by atoms with Gasteiger partial charge in [0.25, 0.3) is 0 Å². The van der Waals surface area contributed by atoms with Crippen LogP contribution in [-0.2, 0) is 0 Å². The summed E-state index contributed by atoms with van der Waals surface area (Å²) in [5.74, 6) is 0. The molecule has 1 saturated heterocycles. The number of carbonyl (C=O) groups excluding carboxylic acids is 1. The minimum absolute atomic E-state index is 0. The topological polar surface area (TPSA) is 57.3 Å². The third-order valence-corrected chi connectivity index (χ3v) is 2.48. The zero-order valence-corrected chi connectivity index (χ0v) is 10.4. The van der Waals surface area contributed by atoms with Gasteiger partial charge in [-0.1, -0.05) is 0 Å². The average molecular weight is 240 g/mol. The summed E-state index contributed by atoms with van der Waals surface area (Å²) in [6.45, 7) is 2.64. The van der Waals surface area contributed by atoms with Crippen LogP contribution in [0, 0.1) is 0 Å². The van der Waals surface area contributed by atoms with Crippen molar-refractivity contribution in [3.05, 3.63) is 24.5 Å². The van der Waals surface area contributed by atoms with Gasteiger partial charge in [-0.15, -0.1) is 0 Å². The van der Waals surface area contributed by atoms with Crippen molar-refractivity contribution in [1.29, 1.82) is 0 Å². The Morgan fingerprint density at radius 2 is 2.18 bits per heavy atom. The number of anilines is 1. The molecule has 1 aromatic heterocycles. The number of aromatic nitrogens is 1. The number of hydrogen-bond donors (Lipinski definition) is 2. The molecular formula is C12H24N4O. The number of urea groups is 1. The first-order chi connectivity index (χ1) is 8.22. The number of carbonyl (C=O) groups is 1. The van der Waals surface area contributed by atoms with Gasteiger partial charge in [-0.05, 0) is 45.1 Å². The lowest BCUT2D eigenvalue weighted by Crippen LogP contribution is -2.24. The molecule has 0 atom stereocenters. The molecule has 1 aliphatic heterocycles. The second kappa shape index (κ2) is 7.62. The molecule has 5 heteroatoms.